The summed E-state index contributed by atoms with van der Waals surface area (Å²) in [4.78, 5) is 18.9. The molecule has 1 aliphatic heterocycles. The molecule has 1 amide bonds. The van der Waals surface area contributed by atoms with Crippen LogP contribution in [0.25, 0.3) is 11.0 Å². The molecule has 3 rings (SSSR count). The van der Waals surface area contributed by atoms with Crippen molar-refractivity contribution in [2.24, 2.45) is 0 Å². The molecule has 6 heteroatoms. The summed E-state index contributed by atoms with van der Waals surface area (Å²) in [6.45, 7) is 6.96. The summed E-state index contributed by atoms with van der Waals surface area (Å²) in [6, 6.07) is 8.09. The molecule has 1 aromatic heterocycles. The van der Waals surface area contributed by atoms with E-state index in [1.54, 1.807) is 0 Å². The Balaban J connectivity index is 1.69. The molecule has 1 unspecified atom stereocenters. The molecule has 0 radical (unpaired) electrons. The van der Waals surface area contributed by atoms with Crippen LogP contribution in [-0.4, -0.2) is 51.9 Å². The molecule has 2 aromatic rings. The number of aryl methyl sites for hydroxylation is 1. The zero-order valence-electron chi connectivity index (χ0n) is 13.0. The molecule has 22 heavy (non-hydrogen) atoms. The Kier molecular flexibility index (Phi) is 4.69. The first-order valence-corrected chi connectivity index (χ1v) is 8.65. The fourth-order valence-corrected chi connectivity index (χ4v) is 3.71. The number of carbonyl (C=O) groups is 1. The highest BCUT2D eigenvalue weighted by Gasteiger charge is 2.22. The molecule has 5 nitrogen and oxygen atoms in total. The van der Waals surface area contributed by atoms with Gasteiger partial charge in [0.25, 0.3) is 0 Å². The second-order valence-corrected chi connectivity index (χ2v) is 6.38. The van der Waals surface area contributed by atoms with Crippen LogP contribution in [0.4, 0.5) is 0 Å². The van der Waals surface area contributed by atoms with Gasteiger partial charge in [-0.15, -0.1) is 0 Å². The van der Waals surface area contributed by atoms with Crippen LogP contribution in [0.5, 0.6) is 0 Å². The lowest BCUT2D eigenvalue weighted by atomic mass is 10.3. The molecule has 1 atom stereocenters. The van der Waals surface area contributed by atoms with E-state index in [2.05, 4.69) is 22.5 Å². The van der Waals surface area contributed by atoms with Crippen LogP contribution in [0.15, 0.2) is 29.4 Å². The molecule has 0 aliphatic carbocycles. The fraction of sp³-hybridized carbons (Fsp3) is 0.500. The third kappa shape index (κ3) is 3.13. The lowest BCUT2D eigenvalue weighted by Gasteiger charge is -2.31. The number of nitrogens with zero attached hydrogens (tertiary/aromatic N) is 3. The van der Waals surface area contributed by atoms with Gasteiger partial charge in [0.15, 0.2) is 5.16 Å². The van der Waals surface area contributed by atoms with E-state index < -0.39 is 0 Å². The first-order chi connectivity index (χ1) is 10.7. The van der Waals surface area contributed by atoms with Crippen LogP contribution >= 0.6 is 11.8 Å². The molecule has 1 saturated heterocycles. The Morgan fingerprint density at radius 1 is 1.45 bits per heavy atom. The number of benzene rings is 1. The Bertz CT molecular complexity index is 670. The van der Waals surface area contributed by atoms with Crippen LogP contribution < -0.4 is 0 Å². The van der Waals surface area contributed by atoms with Gasteiger partial charge in [0.2, 0.25) is 5.91 Å². The summed E-state index contributed by atoms with van der Waals surface area (Å²) in [5.74, 6) is 0.589. The number of imidazole rings is 1. The van der Waals surface area contributed by atoms with Crippen molar-refractivity contribution in [1.29, 1.82) is 0 Å². The van der Waals surface area contributed by atoms with E-state index in [0.29, 0.717) is 25.4 Å². The number of para-hydroxylation sites is 2. The van der Waals surface area contributed by atoms with E-state index in [4.69, 9.17) is 4.74 Å². The van der Waals surface area contributed by atoms with Crippen molar-refractivity contribution in [3.63, 3.8) is 0 Å². The number of ether oxygens (including phenoxy) is 1. The van der Waals surface area contributed by atoms with Gasteiger partial charge >= 0.3 is 0 Å². The van der Waals surface area contributed by atoms with Gasteiger partial charge in [-0.1, -0.05) is 23.9 Å². The topological polar surface area (TPSA) is 47.4 Å². The van der Waals surface area contributed by atoms with Crippen molar-refractivity contribution in [1.82, 2.24) is 14.5 Å². The van der Waals surface area contributed by atoms with Crippen LogP contribution in [0.3, 0.4) is 0 Å². The number of thioether (sulfide) groups is 1. The SMILES string of the molecule is CCn1c(SCC(=O)N2CCOC(C)C2)nc2ccccc21. The van der Waals surface area contributed by atoms with Gasteiger partial charge in [-0.05, 0) is 26.0 Å². The van der Waals surface area contributed by atoms with Crippen molar-refractivity contribution < 1.29 is 9.53 Å². The predicted molar refractivity (Wildman–Crippen MR) is 88.1 cm³/mol. The van der Waals surface area contributed by atoms with E-state index in [-0.39, 0.29) is 12.0 Å². The van der Waals surface area contributed by atoms with E-state index in [9.17, 15) is 4.79 Å². The largest absolute Gasteiger partial charge is 0.375 e. The molecule has 0 saturated carbocycles. The molecule has 0 N–H and O–H groups in total. The van der Waals surface area contributed by atoms with E-state index in [1.165, 1.54) is 11.8 Å². The smallest absolute Gasteiger partial charge is 0.233 e. The first-order valence-electron chi connectivity index (χ1n) is 7.66. The summed E-state index contributed by atoms with van der Waals surface area (Å²) in [7, 11) is 0. The number of aromatic nitrogens is 2. The minimum atomic E-state index is 0.128. The van der Waals surface area contributed by atoms with Crippen LogP contribution in [-0.2, 0) is 16.1 Å². The Morgan fingerprint density at radius 2 is 2.27 bits per heavy atom. The summed E-state index contributed by atoms with van der Waals surface area (Å²) >= 11 is 1.52. The highest BCUT2D eigenvalue weighted by molar-refractivity contribution is 7.99. The van der Waals surface area contributed by atoms with Crippen molar-refractivity contribution in [3.8, 4) is 0 Å². The monoisotopic (exact) mass is 319 g/mol. The van der Waals surface area contributed by atoms with Crippen molar-refractivity contribution in [2.75, 3.05) is 25.4 Å². The van der Waals surface area contributed by atoms with Gasteiger partial charge in [-0.3, -0.25) is 4.79 Å². The van der Waals surface area contributed by atoms with E-state index >= 15 is 0 Å². The lowest BCUT2D eigenvalue weighted by molar-refractivity contribution is -0.135. The van der Waals surface area contributed by atoms with E-state index in [0.717, 1.165) is 22.7 Å². The Morgan fingerprint density at radius 3 is 3.05 bits per heavy atom. The van der Waals surface area contributed by atoms with Crippen molar-refractivity contribution in [3.05, 3.63) is 24.3 Å². The molecule has 1 fully saturated rings. The number of carbonyl (C=O) groups excluding carboxylic acids is 1. The summed E-state index contributed by atoms with van der Waals surface area (Å²) in [5, 5.41) is 0.915. The first kappa shape index (κ1) is 15.4. The molecule has 0 spiro atoms. The fourth-order valence-electron chi connectivity index (χ4n) is 2.73. The number of morpholine rings is 1. The molecular formula is C16H21N3O2S. The maximum atomic E-state index is 12.3. The number of amides is 1. The second-order valence-electron chi connectivity index (χ2n) is 5.44. The maximum Gasteiger partial charge on any atom is 0.233 e. The van der Waals surface area contributed by atoms with Crippen LogP contribution in [0.2, 0.25) is 0 Å². The zero-order valence-corrected chi connectivity index (χ0v) is 13.8. The minimum Gasteiger partial charge on any atom is -0.375 e. The van der Waals surface area contributed by atoms with Crippen molar-refractivity contribution >= 4 is 28.7 Å². The summed E-state index contributed by atoms with van der Waals surface area (Å²) in [5.41, 5.74) is 2.11. The zero-order chi connectivity index (χ0) is 15.5. The van der Waals surface area contributed by atoms with Crippen molar-refractivity contribution in [2.45, 2.75) is 31.7 Å². The van der Waals surface area contributed by atoms with Gasteiger partial charge in [0, 0.05) is 19.6 Å². The predicted octanol–water partition coefficient (Wildman–Crippen LogP) is 2.40. The van der Waals surface area contributed by atoms with Gasteiger partial charge in [0.1, 0.15) is 0 Å². The third-order valence-electron chi connectivity index (χ3n) is 3.85. The van der Waals surface area contributed by atoms with Gasteiger partial charge in [0.05, 0.1) is 29.5 Å². The molecule has 1 aromatic carbocycles. The summed E-state index contributed by atoms with van der Waals surface area (Å²) < 4.78 is 7.64. The molecule has 0 bridgehead atoms. The van der Waals surface area contributed by atoms with Crippen LogP contribution in [0.1, 0.15) is 13.8 Å². The number of hydrogen-bond donors (Lipinski definition) is 0. The lowest BCUT2D eigenvalue weighted by Crippen LogP contribution is -2.45. The molecular weight excluding hydrogens is 298 g/mol. The average Bonchev–Trinajstić information content (AvgIpc) is 2.90. The highest BCUT2D eigenvalue weighted by atomic mass is 32.2. The third-order valence-corrected chi connectivity index (χ3v) is 4.82. The summed E-state index contributed by atoms with van der Waals surface area (Å²) in [6.07, 6.45) is 0.128. The normalized spacial score (nSPS) is 18.8. The standard InChI is InChI=1S/C16H21N3O2S/c1-3-19-14-7-5-4-6-13(14)17-16(19)22-11-15(20)18-8-9-21-12(2)10-18/h4-7,12H,3,8-11H2,1-2H3. The number of hydrogen-bond acceptors (Lipinski definition) is 4. The van der Waals surface area contributed by atoms with Crippen LogP contribution in [0, 0.1) is 0 Å². The average molecular weight is 319 g/mol. The highest BCUT2D eigenvalue weighted by Crippen LogP contribution is 2.24. The van der Waals surface area contributed by atoms with Gasteiger partial charge in [-0.25, -0.2) is 4.98 Å². The Hall–Kier alpha value is -1.53. The quantitative estimate of drug-likeness (QED) is 0.812. The molecule has 118 valence electrons. The number of rotatable bonds is 4. The van der Waals surface area contributed by atoms with Gasteiger partial charge < -0.3 is 14.2 Å². The van der Waals surface area contributed by atoms with Gasteiger partial charge in [-0.2, -0.15) is 0 Å². The number of fused-ring (bicyclic) bond motifs is 1. The van der Waals surface area contributed by atoms with E-state index in [1.807, 2.05) is 30.0 Å². The second kappa shape index (κ2) is 6.71. The molecule has 1 aliphatic rings. The Labute approximate surface area is 134 Å². The minimum absolute atomic E-state index is 0.128. The molecule has 2 heterocycles. The maximum absolute atomic E-state index is 12.3.